The third-order valence-corrected chi connectivity index (χ3v) is 3.54. The molecule has 0 aromatic heterocycles. The lowest BCUT2D eigenvalue weighted by atomic mass is 10.1. The normalized spacial score (nSPS) is 22.7. The number of morpholine rings is 1. The molecule has 2 N–H and O–H groups in total. The average Bonchev–Trinajstić information content (AvgIpc) is 2.35. The van der Waals surface area contributed by atoms with Gasteiger partial charge in [-0.2, -0.15) is 0 Å². The molecule has 0 radical (unpaired) electrons. The predicted molar refractivity (Wildman–Crippen MR) is 78.4 cm³/mol. The van der Waals surface area contributed by atoms with Gasteiger partial charge in [-0.05, 0) is 31.5 Å². The Morgan fingerprint density at radius 2 is 2.00 bits per heavy atom. The third kappa shape index (κ3) is 3.85. The Balaban J connectivity index is 0.00000180. The summed E-state index contributed by atoms with van der Waals surface area (Å²) in [5.41, 5.74) is 7.35. The fourth-order valence-corrected chi connectivity index (χ4v) is 2.20. The Hall–Kier alpha value is -1.26. The van der Waals surface area contributed by atoms with E-state index < -0.39 is 0 Å². The molecular formula is C14H21ClN2O2. The average molecular weight is 285 g/mol. The SMILES string of the molecule is CC1OCCN(C(=O)Cc2ccc(N)cc2)C1C.Cl. The number of hydrogen-bond acceptors (Lipinski definition) is 3. The first-order valence-corrected chi connectivity index (χ1v) is 6.33. The predicted octanol–water partition coefficient (Wildman–Crippen LogP) is 1.87. The van der Waals surface area contributed by atoms with E-state index in [1.165, 1.54) is 0 Å². The van der Waals surface area contributed by atoms with Gasteiger partial charge in [-0.25, -0.2) is 0 Å². The van der Waals surface area contributed by atoms with Gasteiger partial charge in [0.25, 0.3) is 0 Å². The molecule has 1 amide bonds. The van der Waals surface area contributed by atoms with Crippen LogP contribution in [-0.2, 0) is 16.0 Å². The molecule has 0 bridgehead atoms. The smallest absolute Gasteiger partial charge is 0.227 e. The van der Waals surface area contributed by atoms with Crippen molar-refractivity contribution in [2.75, 3.05) is 18.9 Å². The van der Waals surface area contributed by atoms with Gasteiger partial charge in [0.2, 0.25) is 5.91 Å². The molecule has 19 heavy (non-hydrogen) atoms. The van der Waals surface area contributed by atoms with Gasteiger partial charge < -0.3 is 15.4 Å². The lowest BCUT2D eigenvalue weighted by molar-refractivity contribution is -0.143. The Kier molecular flexibility index (Phi) is 5.63. The van der Waals surface area contributed by atoms with E-state index in [0.29, 0.717) is 19.6 Å². The van der Waals surface area contributed by atoms with Crippen LogP contribution < -0.4 is 5.73 Å². The highest BCUT2D eigenvalue weighted by atomic mass is 35.5. The van der Waals surface area contributed by atoms with Gasteiger partial charge in [-0.15, -0.1) is 12.4 Å². The van der Waals surface area contributed by atoms with Gasteiger partial charge in [0, 0.05) is 12.2 Å². The van der Waals surface area contributed by atoms with E-state index in [0.717, 1.165) is 11.3 Å². The van der Waals surface area contributed by atoms with Crippen LogP contribution in [-0.4, -0.2) is 36.1 Å². The molecule has 1 aliphatic rings. The van der Waals surface area contributed by atoms with E-state index >= 15 is 0 Å². The quantitative estimate of drug-likeness (QED) is 0.844. The zero-order valence-electron chi connectivity index (χ0n) is 11.3. The summed E-state index contributed by atoms with van der Waals surface area (Å²) >= 11 is 0. The zero-order chi connectivity index (χ0) is 13.1. The molecule has 106 valence electrons. The number of nitrogen functional groups attached to an aromatic ring is 1. The summed E-state index contributed by atoms with van der Waals surface area (Å²) in [6, 6.07) is 7.60. The number of hydrogen-bond donors (Lipinski definition) is 1. The van der Waals surface area contributed by atoms with Crippen molar-refractivity contribution in [3.8, 4) is 0 Å². The number of carbonyl (C=O) groups is 1. The van der Waals surface area contributed by atoms with Crippen LogP contribution in [0.2, 0.25) is 0 Å². The second-order valence-electron chi connectivity index (χ2n) is 4.82. The molecule has 1 aliphatic heterocycles. The van der Waals surface area contributed by atoms with Crippen LogP contribution in [0.1, 0.15) is 19.4 Å². The summed E-state index contributed by atoms with van der Waals surface area (Å²) < 4.78 is 5.53. The maximum Gasteiger partial charge on any atom is 0.227 e. The minimum Gasteiger partial charge on any atom is -0.399 e. The van der Waals surface area contributed by atoms with Crippen LogP contribution >= 0.6 is 12.4 Å². The summed E-state index contributed by atoms with van der Waals surface area (Å²) in [5.74, 6) is 0.155. The van der Waals surface area contributed by atoms with Crippen LogP contribution in [0, 0.1) is 0 Å². The molecule has 1 aromatic carbocycles. The molecular weight excluding hydrogens is 264 g/mol. The lowest BCUT2D eigenvalue weighted by Crippen LogP contribution is -2.51. The summed E-state index contributed by atoms with van der Waals surface area (Å²) in [6.07, 6.45) is 0.534. The van der Waals surface area contributed by atoms with E-state index in [-0.39, 0.29) is 30.5 Å². The van der Waals surface area contributed by atoms with Crippen molar-refractivity contribution in [3.05, 3.63) is 29.8 Å². The van der Waals surface area contributed by atoms with Crippen molar-refractivity contribution >= 4 is 24.0 Å². The maximum absolute atomic E-state index is 12.2. The minimum absolute atomic E-state index is 0. The summed E-state index contributed by atoms with van der Waals surface area (Å²) in [7, 11) is 0. The van der Waals surface area contributed by atoms with Crippen molar-refractivity contribution < 1.29 is 9.53 Å². The van der Waals surface area contributed by atoms with Gasteiger partial charge in [0.15, 0.2) is 0 Å². The molecule has 0 spiro atoms. The minimum atomic E-state index is 0. The molecule has 1 heterocycles. The van der Waals surface area contributed by atoms with Crippen LogP contribution in [0.15, 0.2) is 24.3 Å². The van der Waals surface area contributed by atoms with Gasteiger partial charge in [-0.3, -0.25) is 4.79 Å². The van der Waals surface area contributed by atoms with Gasteiger partial charge in [0.1, 0.15) is 0 Å². The fourth-order valence-electron chi connectivity index (χ4n) is 2.20. The van der Waals surface area contributed by atoms with E-state index in [2.05, 4.69) is 0 Å². The highest BCUT2D eigenvalue weighted by molar-refractivity contribution is 5.85. The Morgan fingerprint density at radius 3 is 2.63 bits per heavy atom. The number of amides is 1. The molecule has 5 heteroatoms. The fraction of sp³-hybridized carbons (Fsp3) is 0.500. The first-order chi connectivity index (χ1) is 8.58. The highest BCUT2D eigenvalue weighted by Crippen LogP contribution is 2.15. The van der Waals surface area contributed by atoms with Gasteiger partial charge >= 0.3 is 0 Å². The molecule has 4 nitrogen and oxygen atoms in total. The standard InChI is InChI=1S/C14H20N2O2.ClH/c1-10-11(2)18-8-7-16(10)14(17)9-12-3-5-13(15)6-4-12;/h3-6,10-11H,7-9,15H2,1-2H3;1H. The van der Waals surface area contributed by atoms with Crippen LogP contribution in [0.3, 0.4) is 0 Å². The van der Waals surface area contributed by atoms with Crippen molar-refractivity contribution in [2.24, 2.45) is 0 Å². The van der Waals surface area contributed by atoms with E-state index in [9.17, 15) is 4.79 Å². The number of carbonyl (C=O) groups excluding carboxylic acids is 1. The number of benzene rings is 1. The number of rotatable bonds is 2. The Labute approximate surface area is 120 Å². The summed E-state index contributed by atoms with van der Waals surface area (Å²) in [6.45, 7) is 5.34. The van der Waals surface area contributed by atoms with E-state index in [1.54, 1.807) is 0 Å². The van der Waals surface area contributed by atoms with Crippen molar-refractivity contribution in [1.29, 1.82) is 0 Å². The molecule has 2 rings (SSSR count). The van der Waals surface area contributed by atoms with E-state index in [1.807, 2.05) is 43.0 Å². The largest absolute Gasteiger partial charge is 0.399 e. The zero-order valence-corrected chi connectivity index (χ0v) is 12.2. The Bertz CT molecular complexity index is 422. The maximum atomic E-state index is 12.2. The second kappa shape index (κ2) is 6.78. The molecule has 1 fully saturated rings. The lowest BCUT2D eigenvalue weighted by Gasteiger charge is -2.38. The van der Waals surface area contributed by atoms with Crippen molar-refractivity contribution in [1.82, 2.24) is 4.90 Å². The number of halogens is 1. The first-order valence-electron chi connectivity index (χ1n) is 6.33. The van der Waals surface area contributed by atoms with Gasteiger partial charge in [0.05, 0.1) is 25.2 Å². The molecule has 1 saturated heterocycles. The molecule has 2 unspecified atom stereocenters. The second-order valence-corrected chi connectivity index (χ2v) is 4.82. The topological polar surface area (TPSA) is 55.6 Å². The molecule has 1 aromatic rings. The van der Waals surface area contributed by atoms with Crippen molar-refractivity contribution in [2.45, 2.75) is 32.4 Å². The first kappa shape index (κ1) is 15.8. The highest BCUT2D eigenvalue weighted by Gasteiger charge is 2.28. The number of nitrogens with zero attached hydrogens (tertiary/aromatic N) is 1. The van der Waals surface area contributed by atoms with Crippen LogP contribution in [0.5, 0.6) is 0 Å². The summed E-state index contributed by atoms with van der Waals surface area (Å²) in [4.78, 5) is 14.2. The van der Waals surface area contributed by atoms with Crippen LogP contribution in [0.4, 0.5) is 5.69 Å². The van der Waals surface area contributed by atoms with Gasteiger partial charge in [-0.1, -0.05) is 12.1 Å². The number of nitrogens with two attached hydrogens (primary N) is 1. The number of anilines is 1. The number of ether oxygens (including phenoxy) is 1. The Morgan fingerprint density at radius 1 is 1.37 bits per heavy atom. The summed E-state index contributed by atoms with van der Waals surface area (Å²) in [5, 5.41) is 0. The molecule has 2 atom stereocenters. The molecule has 0 aliphatic carbocycles. The third-order valence-electron chi connectivity index (χ3n) is 3.54. The van der Waals surface area contributed by atoms with Crippen LogP contribution in [0.25, 0.3) is 0 Å². The van der Waals surface area contributed by atoms with E-state index in [4.69, 9.17) is 10.5 Å². The molecule has 0 saturated carbocycles. The van der Waals surface area contributed by atoms with Crippen molar-refractivity contribution in [3.63, 3.8) is 0 Å². The monoisotopic (exact) mass is 284 g/mol.